The molecular formula is C15H20N6O2. The molecule has 3 rings (SSSR count). The van der Waals surface area contributed by atoms with Crippen molar-refractivity contribution in [2.45, 2.75) is 33.0 Å². The van der Waals surface area contributed by atoms with E-state index in [0.29, 0.717) is 12.5 Å². The van der Waals surface area contributed by atoms with Gasteiger partial charge in [-0.25, -0.2) is 14.5 Å². The van der Waals surface area contributed by atoms with Crippen LogP contribution in [0.5, 0.6) is 0 Å². The second kappa shape index (κ2) is 5.53. The summed E-state index contributed by atoms with van der Waals surface area (Å²) in [5.41, 5.74) is 1.81. The van der Waals surface area contributed by atoms with Crippen molar-refractivity contribution in [2.24, 2.45) is 4.99 Å². The Hall–Kier alpha value is -2.64. The van der Waals surface area contributed by atoms with Gasteiger partial charge >= 0.3 is 6.03 Å². The van der Waals surface area contributed by atoms with Crippen LogP contribution in [0, 0.1) is 13.8 Å². The molecule has 8 heteroatoms. The van der Waals surface area contributed by atoms with Crippen molar-refractivity contribution in [1.29, 1.82) is 0 Å². The molecule has 23 heavy (non-hydrogen) atoms. The van der Waals surface area contributed by atoms with E-state index >= 15 is 0 Å². The van der Waals surface area contributed by atoms with Gasteiger partial charge in [-0.1, -0.05) is 12.2 Å². The second-order valence-electron chi connectivity index (χ2n) is 5.75. The molecule has 1 aromatic heterocycles. The predicted octanol–water partition coefficient (Wildman–Crippen LogP) is 0.472. The lowest BCUT2D eigenvalue weighted by molar-refractivity contribution is -0.126. The van der Waals surface area contributed by atoms with E-state index < -0.39 is 18.2 Å². The van der Waals surface area contributed by atoms with E-state index in [-0.39, 0.29) is 5.91 Å². The highest BCUT2D eigenvalue weighted by Crippen LogP contribution is 2.25. The number of urea groups is 1. The number of aryl methyl sites for hydroxylation is 2. The molecule has 0 bridgehead atoms. The number of nitrogens with one attached hydrogen (secondary N) is 1. The number of aromatic nitrogens is 2. The Bertz CT molecular complexity index is 720. The molecule has 2 unspecified atom stereocenters. The van der Waals surface area contributed by atoms with Gasteiger partial charge in [0.1, 0.15) is 0 Å². The summed E-state index contributed by atoms with van der Waals surface area (Å²) in [6.45, 7) is 6.28. The maximum absolute atomic E-state index is 12.3. The average molecular weight is 316 g/mol. The molecule has 1 fully saturated rings. The van der Waals surface area contributed by atoms with Crippen LogP contribution < -0.4 is 5.32 Å². The van der Waals surface area contributed by atoms with Gasteiger partial charge in [0, 0.05) is 19.3 Å². The monoisotopic (exact) mass is 316 g/mol. The van der Waals surface area contributed by atoms with Gasteiger partial charge < -0.3 is 9.80 Å². The van der Waals surface area contributed by atoms with Crippen LogP contribution in [0.25, 0.3) is 0 Å². The van der Waals surface area contributed by atoms with Crippen molar-refractivity contribution in [1.82, 2.24) is 24.9 Å². The molecule has 2 aliphatic heterocycles. The molecule has 1 N–H and O–H groups in total. The lowest BCUT2D eigenvalue weighted by Gasteiger charge is -2.35. The summed E-state index contributed by atoms with van der Waals surface area (Å²) < 4.78 is 1.72. The average Bonchev–Trinajstić information content (AvgIpc) is 3.02. The number of carbonyl (C=O) groups is 2. The third-order valence-electron chi connectivity index (χ3n) is 4.08. The standard InChI is InChI=1S/C15H20N6O2/c1-5-6-7-20-11-12(19(4)15(23)17-13(11)22)16-14(20)21-10(3)8-9(2)18-21/h5-6,8,11-12H,7H2,1-4H3,(H,17,22,23)/b6-5+. The lowest BCUT2D eigenvalue weighted by atomic mass is 10.1. The zero-order valence-electron chi connectivity index (χ0n) is 13.6. The van der Waals surface area contributed by atoms with Gasteiger partial charge in [-0.2, -0.15) is 5.10 Å². The van der Waals surface area contributed by atoms with E-state index in [0.717, 1.165) is 11.4 Å². The van der Waals surface area contributed by atoms with Gasteiger partial charge in [-0.15, -0.1) is 0 Å². The number of rotatable bonds is 2. The Labute approximate surface area is 134 Å². The molecule has 3 amide bonds. The smallest absolute Gasteiger partial charge is 0.321 e. The fourth-order valence-corrected chi connectivity index (χ4v) is 2.93. The van der Waals surface area contributed by atoms with Gasteiger partial charge in [-0.3, -0.25) is 10.1 Å². The molecule has 0 saturated carbocycles. The van der Waals surface area contributed by atoms with Crippen LogP contribution in [-0.2, 0) is 4.79 Å². The molecule has 122 valence electrons. The zero-order chi connectivity index (χ0) is 16.7. The van der Waals surface area contributed by atoms with E-state index in [1.165, 1.54) is 4.90 Å². The lowest BCUT2D eigenvalue weighted by Crippen LogP contribution is -2.63. The van der Waals surface area contributed by atoms with Crippen LogP contribution >= 0.6 is 0 Å². The van der Waals surface area contributed by atoms with Crippen LogP contribution in [0.15, 0.2) is 23.2 Å². The first-order chi connectivity index (χ1) is 10.9. The van der Waals surface area contributed by atoms with Crippen LogP contribution in [0.1, 0.15) is 18.3 Å². The maximum atomic E-state index is 12.3. The van der Waals surface area contributed by atoms with Crippen LogP contribution in [-0.4, -0.2) is 63.3 Å². The van der Waals surface area contributed by atoms with Gasteiger partial charge in [-0.05, 0) is 26.8 Å². The fourth-order valence-electron chi connectivity index (χ4n) is 2.93. The Morgan fingerprint density at radius 3 is 2.70 bits per heavy atom. The first-order valence-corrected chi connectivity index (χ1v) is 7.51. The van der Waals surface area contributed by atoms with E-state index in [9.17, 15) is 9.59 Å². The van der Waals surface area contributed by atoms with E-state index in [4.69, 9.17) is 0 Å². The molecule has 1 saturated heterocycles. The van der Waals surface area contributed by atoms with Gasteiger partial charge in [0.05, 0.1) is 5.69 Å². The molecule has 0 radical (unpaired) electrons. The van der Waals surface area contributed by atoms with Gasteiger partial charge in [0.15, 0.2) is 12.2 Å². The minimum Gasteiger partial charge on any atom is -0.321 e. The Morgan fingerprint density at radius 2 is 2.09 bits per heavy atom. The minimum absolute atomic E-state index is 0.331. The summed E-state index contributed by atoms with van der Waals surface area (Å²) in [4.78, 5) is 32.2. The molecule has 0 aromatic carbocycles. The highest BCUT2D eigenvalue weighted by Gasteiger charge is 2.49. The first kappa shape index (κ1) is 15.3. The molecule has 0 spiro atoms. The maximum Gasteiger partial charge on any atom is 0.325 e. The first-order valence-electron chi connectivity index (χ1n) is 7.51. The molecule has 8 nitrogen and oxygen atoms in total. The molecule has 2 aliphatic rings. The van der Waals surface area contributed by atoms with Crippen molar-refractivity contribution in [3.63, 3.8) is 0 Å². The number of hydrogen-bond donors (Lipinski definition) is 1. The van der Waals surface area contributed by atoms with E-state index in [1.807, 2.05) is 43.9 Å². The number of amides is 3. The normalized spacial score (nSPS) is 24.3. The third kappa shape index (κ3) is 2.39. The van der Waals surface area contributed by atoms with Crippen molar-refractivity contribution in [2.75, 3.05) is 13.6 Å². The Morgan fingerprint density at radius 1 is 1.35 bits per heavy atom. The van der Waals surface area contributed by atoms with Crippen molar-refractivity contribution >= 4 is 17.9 Å². The van der Waals surface area contributed by atoms with Crippen molar-refractivity contribution in [3.05, 3.63) is 29.6 Å². The summed E-state index contributed by atoms with van der Waals surface area (Å²) in [7, 11) is 1.64. The van der Waals surface area contributed by atoms with Gasteiger partial charge in [0.25, 0.3) is 5.91 Å². The molecule has 0 aliphatic carbocycles. The predicted molar refractivity (Wildman–Crippen MR) is 84.9 cm³/mol. The summed E-state index contributed by atoms with van der Waals surface area (Å²) in [5, 5.41) is 6.84. The summed E-state index contributed by atoms with van der Waals surface area (Å²) in [6.07, 6.45) is 3.33. The number of likely N-dealkylation sites (N-methyl/N-ethyl adjacent to an activating group) is 1. The molecular weight excluding hydrogens is 296 g/mol. The molecule has 1 aromatic rings. The number of fused-ring (bicyclic) bond motifs is 1. The van der Waals surface area contributed by atoms with Crippen LogP contribution in [0.4, 0.5) is 4.79 Å². The van der Waals surface area contributed by atoms with Crippen molar-refractivity contribution < 1.29 is 9.59 Å². The Balaban J connectivity index is 2.06. The number of carbonyl (C=O) groups excluding carboxylic acids is 2. The summed E-state index contributed by atoms with van der Waals surface area (Å²) in [5.74, 6) is 0.253. The van der Waals surface area contributed by atoms with Crippen LogP contribution in [0.3, 0.4) is 0 Å². The summed E-state index contributed by atoms with van der Waals surface area (Å²) in [6, 6.07) is 0.973. The number of nitrogens with zero attached hydrogens (tertiary/aromatic N) is 5. The highest BCUT2D eigenvalue weighted by molar-refractivity contribution is 6.04. The molecule has 2 atom stereocenters. The number of hydrogen-bond acceptors (Lipinski definition) is 5. The topological polar surface area (TPSA) is 82.8 Å². The number of allylic oxidation sites excluding steroid dienone is 1. The van der Waals surface area contributed by atoms with Gasteiger partial charge in [0.2, 0.25) is 5.96 Å². The van der Waals surface area contributed by atoms with Crippen LogP contribution in [0.2, 0.25) is 0 Å². The van der Waals surface area contributed by atoms with E-state index in [2.05, 4.69) is 15.4 Å². The second-order valence-corrected chi connectivity index (χ2v) is 5.75. The number of imide groups is 1. The van der Waals surface area contributed by atoms with Crippen molar-refractivity contribution in [3.8, 4) is 0 Å². The van der Waals surface area contributed by atoms with E-state index in [1.54, 1.807) is 11.7 Å². The quantitative estimate of drug-likeness (QED) is 0.804. The minimum atomic E-state index is -0.548. The highest BCUT2D eigenvalue weighted by atomic mass is 16.2. The summed E-state index contributed by atoms with van der Waals surface area (Å²) >= 11 is 0. The number of aliphatic imine (C=N–C) groups is 1. The molecule has 3 heterocycles. The third-order valence-corrected chi connectivity index (χ3v) is 4.08. The zero-order valence-corrected chi connectivity index (χ0v) is 13.6. The largest absolute Gasteiger partial charge is 0.325 e. The fraction of sp³-hybridized carbons (Fsp3) is 0.467. The SMILES string of the molecule is C/C=C/CN1C(n2nc(C)cc2C)=NC2C1C(=O)NC(=O)N2C. The Kier molecular flexibility index (Phi) is 3.67.